The Labute approximate surface area is 68.4 Å². The standard InChI is InChI=1S/C7H9BrO2/c1-3-4-6(8)5(2)7(9)10/h3-4H,1-2H3,(H,9,10)/b4-3-,6-5-. The van der Waals surface area contributed by atoms with Crippen LogP contribution in [0.5, 0.6) is 0 Å². The molecule has 0 atom stereocenters. The van der Waals surface area contributed by atoms with E-state index in [1.54, 1.807) is 19.1 Å². The molecule has 1 N–H and O–H groups in total. The minimum Gasteiger partial charge on any atom is -0.478 e. The second kappa shape index (κ2) is 4.28. The largest absolute Gasteiger partial charge is 0.478 e. The quantitative estimate of drug-likeness (QED) is 0.554. The normalized spacial score (nSPS) is 13.5. The summed E-state index contributed by atoms with van der Waals surface area (Å²) in [6.45, 7) is 3.38. The lowest BCUT2D eigenvalue weighted by Gasteiger charge is -1.93. The number of aliphatic carboxylic acids is 1. The molecule has 0 aliphatic heterocycles. The number of rotatable bonds is 2. The molecule has 0 aliphatic rings. The van der Waals surface area contributed by atoms with E-state index in [1.165, 1.54) is 0 Å². The summed E-state index contributed by atoms with van der Waals surface area (Å²) in [6, 6.07) is 0. The van der Waals surface area contributed by atoms with Gasteiger partial charge in [-0.3, -0.25) is 0 Å². The van der Waals surface area contributed by atoms with Crippen LogP contribution in [-0.4, -0.2) is 11.1 Å². The van der Waals surface area contributed by atoms with Gasteiger partial charge in [0, 0.05) is 10.1 Å². The van der Waals surface area contributed by atoms with E-state index < -0.39 is 5.97 Å². The lowest BCUT2D eigenvalue weighted by Crippen LogP contribution is -1.96. The lowest BCUT2D eigenvalue weighted by atomic mass is 10.3. The number of halogens is 1. The zero-order chi connectivity index (χ0) is 8.15. The predicted octanol–water partition coefficient (Wildman–Crippen LogP) is 2.32. The van der Waals surface area contributed by atoms with Gasteiger partial charge in [-0.25, -0.2) is 4.79 Å². The van der Waals surface area contributed by atoms with Crippen molar-refractivity contribution in [3.8, 4) is 0 Å². The molecule has 0 spiro atoms. The fraction of sp³-hybridized carbons (Fsp3) is 0.286. The van der Waals surface area contributed by atoms with Crippen LogP contribution in [0.1, 0.15) is 13.8 Å². The topological polar surface area (TPSA) is 37.3 Å². The van der Waals surface area contributed by atoms with Crippen LogP contribution in [0, 0.1) is 0 Å². The highest BCUT2D eigenvalue weighted by molar-refractivity contribution is 9.11. The van der Waals surface area contributed by atoms with Crippen molar-refractivity contribution in [2.45, 2.75) is 13.8 Å². The van der Waals surface area contributed by atoms with Crippen molar-refractivity contribution in [3.05, 3.63) is 22.2 Å². The summed E-state index contributed by atoms with van der Waals surface area (Å²) in [5.41, 5.74) is 0.318. The van der Waals surface area contributed by atoms with E-state index in [0.29, 0.717) is 10.1 Å². The molecule has 0 saturated heterocycles. The first-order valence-electron chi connectivity index (χ1n) is 2.82. The van der Waals surface area contributed by atoms with E-state index >= 15 is 0 Å². The SMILES string of the molecule is C/C=C\C(Br)=C(/C)C(=O)O. The maximum atomic E-state index is 10.3. The minimum atomic E-state index is -0.898. The minimum absolute atomic E-state index is 0.318. The van der Waals surface area contributed by atoms with Crippen molar-refractivity contribution < 1.29 is 9.90 Å². The van der Waals surface area contributed by atoms with Crippen LogP contribution in [0.2, 0.25) is 0 Å². The summed E-state index contributed by atoms with van der Waals surface area (Å²) in [4.78, 5) is 10.3. The summed E-state index contributed by atoms with van der Waals surface area (Å²) < 4.78 is 0.613. The van der Waals surface area contributed by atoms with Crippen LogP contribution >= 0.6 is 15.9 Å². The van der Waals surface area contributed by atoms with Gasteiger partial charge in [-0.2, -0.15) is 0 Å². The van der Waals surface area contributed by atoms with Gasteiger partial charge in [0.15, 0.2) is 0 Å². The molecule has 10 heavy (non-hydrogen) atoms. The molecule has 0 rings (SSSR count). The Morgan fingerprint density at radius 2 is 2.10 bits per heavy atom. The number of hydrogen-bond acceptors (Lipinski definition) is 1. The maximum absolute atomic E-state index is 10.3. The first-order chi connectivity index (χ1) is 4.59. The van der Waals surface area contributed by atoms with Crippen LogP contribution < -0.4 is 0 Å². The smallest absolute Gasteiger partial charge is 0.332 e. The molecule has 56 valence electrons. The fourth-order valence-corrected chi connectivity index (χ4v) is 0.807. The molecule has 2 nitrogen and oxygen atoms in total. The van der Waals surface area contributed by atoms with Crippen LogP contribution in [0.15, 0.2) is 22.2 Å². The van der Waals surface area contributed by atoms with Crippen molar-refractivity contribution in [1.29, 1.82) is 0 Å². The molecule has 0 saturated carbocycles. The van der Waals surface area contributed by atoms with Gasteiger partial charge in [-0.1, -0.05) is 28.1 Å². The van der Waals surface area contributed by atoms with Gasteiger partial charge in [0.2, 0.25) is 0 Å². The van der Waals surface area contributed by atoms with Crippen LogP contribution in [0.4, 0.5) is 0 Å². The van der Waals surface area contributed by atoms with Gasteiger partial charge in [0.05, 0.1) is 0 Å². The first kappa shape index (κ1) is 9.43. The second-order valence-corrected chi connectivity index (χ2v) is 2.63. The van der Waals surface area contributed by atoms with E-state index in [1.807, 2.05) is 6.92 Å². The molecule has 0 aliphatic carbocycles. The number of hydrogen-bond donors (Lipinski definition) is 1. The summed E-state index contributed by atoms with van der Waals surface area (Å²) in [5.74, 6) is -0.898. The summed E-state index contributed by atoms with van der Waals surface area (Å²) >= 11 is 3.12. The maximum Gasteiger partial charge on any atom is 0.332 e. The number of carboxylic acid groups (broad SMARTS) is 1. The predicted molar refractivity (Wildman–Crippen MR) is 44.1 cm³/mol. The third-order valence-corrected chi connectivity index (χ3v) is 1.85. The van der Waals surface area contributed by atoms with Gasteiger partial charge < -0.3 is 5.11 Å². The zero-order valence-electron chi connectivity index (χ0n) is 5.89. The molecule has 0 aromatic carbocycles. The molecular weight excluding hydrogens is 196 g/mol. The Morgan fingerprint density at radius 1 is 1.60 bits per heavy atom. The monoisotopic (exact) mass is 204 g/mol. The molecule has 0 fully saturated rings. The van der Waals surface area contributed by atoms with E-state index in [-0.39, 0.29) is 0 Å². The molecule has 0 unspecified atom stereocenters. The van der Waals surface area contributed by atoms with Gasteiger partial charge in [0.25, 0.3) is 0 Å². The number of carboxylic acids is 1. The molecule has 0 bridgehead atoms. The van der Waals surface area contributed by atoms with Gasteiger partial charge in [0.1, 0.15) is 0 Å². The highest BCUT2D eigenvalue weighted by Gasteiger charge is 2.02. The third kappa shape index (κ3) is 2.82. The molecule has 0 aromatic rings. The van der Waals surface area contributed by atoms with Crippen molar-refractivity contribution in [2.75, 3.05) is 0 Å². The van der Waals surface area contributed by atoms with Crippen molar-refractivity contribution in [3.63, 3.8) is 0 Å². The van der Waals surface area contributed by atoms with E-state index in [4.69, 9.17) is 5.11 Å². The molecule has 0 amide bonds. The van der Waals surface area contributed by atoms with Crippen LogP contribution in [0.25, 0.3) is 0 Å². The number of carbonyl (C=O) groups is 1. The molecule has 0 aromatic heterocycles. The molecule has 0 radical (unpaired) electrons. The highest BCUT2D eigenvalue weighted by atomic mass is 79.9. The Kier molecular flexibility index (Phi) is 4.03. The van der Waals surface area contributed by atoms with E-state index in [0.717, 1.165) is 0 Å². The van der Waals surface area contributed by atoms with E-state index in [9.17, 15) is 4.79 Å². The van der Waals surface area contributed by atoms with Gasteiger partial charge in [-0.15, -0.1) is 0 Å². The van der Waals surface area contributed by atoms with Crippen molar-refractivity contribution in [1.82, 2.24) is 0 Å². The van der Waals surface area contributed by atoms with Crippen LogP contribution in [-0.2, 0) is 4.79 Å². The molecule has 0 heterocycles. The average molecular weight is 205 g/mol. The summed E-state index contributed by atoms with van der Waals surface area (Å²) in [5, 5.41) is 8.46. The average Bonchev–Trinajstić information content (AvgIpc) is 1.87. The lowest BCUT2D eigenvalue weighted by molar-refractivity contribution is -0.132. The third-order valence-electron chi connectivity index (χ3n) is 0.992. The van der Waals surface area contributed by atoms with Crippen molar-refractivity contribution in [2.24, 2.45) is 0 Å². The fourth-order valence-electron chi connectivity index (χ4n) is 0.373. The van der Waals surface area contributed by atoms with Gasteiger partial charge >= 0.3 is 5.97 Å². The summed E-state index contributed by atoms with van der Waals surface area (Å²) in [7, 11) is 0. The first-order valence-corrected chi connectivity index (χ1v) is 3.61. The summed E-state index contributed by atoms with van der Waals surface area (Å²) in [6.07, 6.45) is 3.47. The Morgan fingerprint density at radius 3 is 2.40 bits per heavy atom. The second-order valence-electron chi connectivity index (χ2n) is 1.78. The zero-order valence-corrected chi connectivity index (χ0v) is 7.47. The molecular formula is C7H9BrO2. The Bertz CT molecular complexity index is 192. The highest BCUT2D eigenvalue weighted by Crippen LogP contribution is 2.12. The van der Waals surface area contributed by atoms with E-state index in [2.05, 4.69) is 15.9 Å². The van der Waals surface area contributed by atoms with Crippen LogP contribution in [0.3, 0.4) is 0 Å². The van der Waals surface area contributed by atoms with Gasteiger partial charge in [-0.05, 0) is 13.8 Å². The number of allylic oxidation sites excluding steroid dienone is 3. The Balaban J connectivity index is 4.50. The Hall–Kier alpha value is -0.570. The van der Waals surface area contributed by atoms with Crippen molar-refractivity contribution >= 4 is 21.9 Å². The molecule has 3 heteroatoms.